The standard InChI is InChI=1S/C29H28N4/c1-5-13-26(14-6-1)21-30-32(23-28-17-9-3-10-18-28)25-33(24-29-19-11-4-12-20-29)31-22-27-15-7-2-8-16-27/h1-22H,23-25H2. The van der Waals surface area contributed by atoms with Gasteiger partial charge in [-0.1, -0.05) is 121 Å². The summed E-state index contributed by atoms with van der Waals surface area (Å²) in [4.78, 5) is 0. The summed E-state index contributed by atoms with van der Waals surface area (Å²) in [7, 11) is 0. The molecule has 0 amide bonds. The fourth-order valence-corrected chi connectivity index (χ4v) is 3.41. The molecule has 0 aromatic heterocycles. The summed E-state index contributed by atoms with van der Waals surface area (Å²) in [6, 6.07) is 41.1. The Labute approximate surface area is 196 Å². The van der Waals surface area contributed by atoms with Crippen LogP contribution in [0.4, 0.5) is 0 Å². The van der Waals surface area contributed by atoms with Gasteiger partial charge in [-0.2, -0.15) is 10.2 Å². The molecule has 0 aliphatic heterocycles. The summed E-state index contributed by atoms with van der Waals surface area (Å²) in [6.45, 7) is 1.93. The molecule has 4 aromatic carbocycles. The third kappa shape index (κ3) is 7.47. The minimum absolute atomic E-state index is 0.552. The normalized spacial score (nSPS) is 11.2. The van der Waals surface area contributed by atoms with Gasteiger partial charge in [-0.25, -0.2) is 0 Å². The maximum atomic E-state index is 4.82. The highest BCUT2D eigenvalue weighted by molar-refractivity contribution is 5.79. The largest absolute Gasteiger partial charge is 0.271 e. The Morgan fingerprint density at radius 1 is 0.455 bits per heavy atom. The monoisotopic (exact) mass is 432 g/mol. The van der Waals surface area contributed by atoms with E-state index in [1.54, 1.807) is 0 Å². The number of hydrogen-bond donors (Lipinski definition) is 0. The number of nitrogens with zero attached hydrogens (tertiary/aromatic N) is 4. The first-order valence-corrected chi connectivity index (χ1v) is 11.1. The second-order valence-electron chi connectivity index (χ2n) is 7.75. The van der Waals surface area contributed by atoms with Gasteiger partial charge in [0.05, 0.1) is 25.5 Å². The molecule has 0 aliphatic carbocycles. The van der Waals surface area contributed by atoms with Gasteiger partial charge >= 0.3 is 0 Å². The zero-order valence-electron chi connectivity index (χ0n) is 18.6. The van der Waals surface area contributed by atoms with Crippen molar-refractivity contribution in [3.8, 4) is 0 Å². The fraction of sp³-hybridized carbons (Fsp3) is 0.103. The molecule has 0 unspecified atom stereocenters. The van der Waals surface area contributed by atoms with Gasteiger partial charge in [0.2, 0.25) is 0 Å². The molecule has 0 heterocycles. The predicted octanol–water partition coefficient (Wildman–Crippen LogP) is 6.02. The lowest BCUT2D eigenvalue weighted by Gasteiger charge is -2.27. The van der Waals surface area contributed by atoms with E-state index in [4.69, 9.17) is 10.2 Å². The van der Waals surface area contributed by atoms with Crippen molar-refractivity contribution in [3.63, 3.8) is 0 Å². The van der Waals surface area contributed by atoms with Gasteiger partial charge in [-0.15, -0.1) is 0 Å². The summed E-state index contributed by atoms with van der Waals surface area (Å²) < 4.78 is 0. The number of rotatable bonds is 10. The molecule has 164 valence electrons. The second kappa shape index (κ2) is 12.0. The lowest BCUT2D eigenvalue weighted by molar-refractivity contribution is 0.128. The number of hydrazone groups is 2. The molecule has 4 heteroatoms. The highest BCUT2D eigenvalue weighted by atomic mass is 15.6. The number of benzene rings is 4. The van der Waals surface area contributed by atoms with Gasteiger partial charge in [0, 0.05) is 0 Å². The third-order valence-electron chi connectivity index (χ3n) is 5.08. The van der Waals surface area contributed by atoms with E-state index in [2.05, 4.69) is 72.8 Å². The van der Waals surface area contributed by atoms with Gasteiger partial charge in [-0.05, 0) is 22.3 Å². The minimum atomic E-state index is 0.552. The molecule has 0 aliphatic rings. The van der Waals surface area contributed by atoms with Gasteiger partial charge in [0.25, 0.3) is 0 Å². The smallest absolute Gasteiger partial charge is 0.124 e. The average Bonchev–Trinajstić information content (AvgIpc) is 2.88. The molecule has 0 bridgehead atoms. The van der Waals surface area contributed by atoms with Crippen LogP contribution in [0.15, 0.2) is 132 Å². The van der Waals surface area contributed by atoms with Gasteiger partial charge in [-0.3, -0.25) is 10.0 Å². The maximum Gasteiger partial charge on any atom is 0.124 e. The molecule has 4 nitrogen and oxygen atoms in total. The summed E-state index contributed by atoms with van der Waals surface area (Å²) in [6.07, 6.45) is 3.81. The molecular weight excluding hydrogens is 404 g/mol. The molecule has 0 N–H and O–H groups in total. The quantitative estimate of drug-likeness (QED) is 0.174. The highest BCUT2D eigenvalue weighted by Gasteiger charge is 2.10. The first-order valence-electron chi connectivity index (χ1n) is 11.1. The summed E-state index contributed by atoms with van der Waals surface area (Å²) >= 11 is 0. The van der Waals surface area contributed by atoms with Crippen LogP contribution in [0.5, 0.6) is 0 Å². The molecule has 4 rings (SSSR count). The topological polar surface area (TPSA) is 31.2 Å². The Bertz CT molecular complexity index is 1030. The van der Waals surface area contributed by atoms with Crippen molar-refractivity contribution in [2.45, 2.75) is 13.1 Å². The Morgan fingerprint density at radius 3 is 1.15 bits per heavy atom. The van der Waals surface area contributed by atoms with Crippen LogP contribution in [0.2, 0.25) is 0 Å². The summed E-state index contributed by atoms with van der Waals surface area (Å²) in [5.74, 6) is 0. The van der Waals surface area contributed by atoms with Crippen LogP contribution in [0.25, 0.3) is 0 Å². The van der Waals surface area contributed by atoms with E-state index >= 15 is 0 Å². The molecular formula is C29H28N4. The second-order valence-corrected chi connectivity index (χ2v) is 7.75. The highest BCUT2D eigenvalue weighted by Crippen LogP contribution is 2.11. The van der Waals surface area contributed by atoms with E-state index in [9.17, 15) is 0 Å². The van der Waals surface area contributed by atoms with Crippen molar-refractivity contribution in [1.29, 1.82) is 0 Å². The summed E-state index contributed by atoms with van der Waals surface area (Å²) in [5.41, 5.74) is 4.54. The first-order chi connectivity index (χ1) is 16.3. The van der Waals surface area contributed by atoms with Crippen molar-refractivity contribution in [2.75, 3.05) is 6.67 Å². The SMILES string of the molecule is C(=NN(Cc1ccccc1)CN(Cc1ccccc1)N=Cc1ccccc1)c1ccccc1. The van der Waals surface area contributed by atoms with Crippen molar-refractivity contribution < 1.29 is 0 Å². The van der Waals surface area contributed by atoms with Crippen LogP contribution in [0.3, 0.4) is 0 Å². The van der Waals surface area contributed by atoms with Gasteiger partial charge in [0.1, 0.15) is 6.67 Å². The van der Waals surface area contributed by atoms with E-state index < -0.39 is 0 Å². The molecule has 0 spiro atoms. The van der Waals surface area contributed by atoms with Crippen molar-refractivity contribution in [2.24, 2.45) is 10.2 Å². The maximum absolute atomic E-state index is 4.82. The molecule has 33 heavy (non-hydrogen) atoms. The van der Waals surface area contributed by atoms with E-state index in [0.29, 0.717) is 19.8 Å². The first kappa shape index (κ1) is 22.0. The number of hydrogen-bond acceptors (Lipinski definition) is 4. The predicted molar refractivity (Wildman–Crippen MR) is 137 cm³/mol. The Hall–Kier alpha value is -4.18. The lowest BCUT2D eigenvalue weighted by atomic mass is 10.2. The third-order valence-corrected chi connectivity index (χ3v) is 5.08. The van der Waals surface area contributed by atoms with Crippen molar-refractivity contribution >= 4 is 12.4 Å². The van der Waals surface area contributed by atoms with Crippen LogP contribution < -0.4 is 0 Å². The zero-order chi connectivity index (χ0) is 22.6. The van der Waals surface area contributed by atoms with E-state index in [-0.39, 0.29) is 0 Å². The molecule has 0 saturated carbocycles. The lowest BCUT2D eigenvalue weighted by Crippen LogP contribution is -2.31. The van der Waals surface area contributed by atoms with Crippen LogP contribution in [-0.2, 0) is 13.1 Å². The van der Waals surface area contributed by atoms with Crippen molar-refractivity contribution in [3.05, 3.63) is 144 Å². The van der Waals surface area contributed by atoms with Crippen molar-refractivity contribution in [1.82, 2.24) is 10.0 Å². The summed E-state index contributed by atoms with van der Waals surface area (Å²) in [5, 5.41) is 13.7. The van der Waals surface area contributed by atoms with Crippen LogP contribution >= 0.6 is 0 Å². The molecule has 0 radical (unpaired) electrons. The van der Waals surface area contributed by atoms with Crippen LogP contribution in [0.1, 0.15) is 22.3 Å². The Morgan fingerprint density at radius 2 is 0.788 bits per heavy atom. The zero-order valence-corrected chi connectivity index (χ0v) is 18.6. The molecule has 4 aromatic rings. The van der Waals surface area contributed by atoms with Gasteiger partial charge in [0.15, 0.2) is 0 Å². The van der Waals surface area contributed by atoms with E-state index in [0.717, 1.165) is 11.1 Å². The molecule has 0 saturated heterocycles. The van der Waals surface area contributed by atoms with Crippen LogP contribution in [-0.4, -0.2) is 29.1 Å². The Balaban J connectivity index is 1.57. The average molecular weight is 433 g/mol. The minimum Gasteiger partial charge on any atom is -0.271 e. The van der Waals surface area contributed by atoms with E-state index in [1.165, 1.54) is 11.1 Å². The van der Waals surface area contributed by atoms with E-state index in [1.807, 2.05) is 71.0 Å². The molecule has 0 atom stereocenters. The molecule has 0 fully saturated rings. The van der Waals surface area contributed by atoms with Gasteiger partial charge < -0.3 is 0 Å². The van der Waals surface area contributed by atoms with Crippen LogP contribution in [0, 0.1) is 0 Å². The Kier molecular flexibility index (Phi) is 8.02. The fourth-order valence-electron chi connectivity index (χ4n) is 3.41.